The predicted molar refractivity (Wildman–Crippen MR) is 110 cm³/mol. The van der Waals surface area contributed by atoms with E-state index in [1.807, 2.05) is 19.1 Å². The second kappa shape index (κ2) is 7.88. The SMILES string of the molecule is Cc1nc(NCCc2c[nH]c3ccccc23)cc(N2CCC(C(=O)O)CC2)n1. The van der Waals surface area contributed by atoms with Crippen LogP contribution in [-0.4, -0.2) is 45.7 Å². The number of fused-ring (bicyclic) bond motifs is 1. The summed E-state index contributed by atoms with van der Waals surface area (Å²) >= 11 is 0. The number of anilines is 2. The van der Waals surface area contributed by atoms with Gasteiger partial charge >= 0.3 is 5.97 Å². The van der Waals surface area contributed by atoms with E-state index in [2.05, 4.69) is 49.6 Å². The van der Waals surface area contributed by atoms with Crippen LogP contribution < -0.4 is 10.2 Å². The van der Waals surface area contributed by atoms with Crippen molar-refractivity contribution in [3.63, 3.8) is 0 Å². The summed E-state index contributed by atoms with van der Waals surface area (Å²) in [6.07, 6.45) is 4.27. The van der Waals surface area contributed by atoms with Crippen molar-refractivity contribution in [2.24, 2.45) is 5.92 Å². The Bertz CT molecular complexity index is 976. The first-order chi connectivity index (χ1) is 13.6. The fraction of sp³-hybridized carbons (Fsp3) is 0.381. The van der Waals surface area contributed by atoms with Gasteiger partial charge < -0.3 is 20.3 Å². The predicted octanol–water partition coefficient (Wildman–Crippen LogP) is 3.22. The van der Waals surface area contributed by atoms with Crippen LogP contribution >= 0.6 is 0 Å². The summed E-state index contributed by atoms with van der Waals surface area (Å²) in [6, 6.07) is 10.3. The molecule has 3 aromatic rings. The van der Waals surface area contributed by atoms with Crippen LogP contribution in [0.25, 0.3) is 10.9 Å². The molecule has 1 aromatic carbocycles. The molecule has 146 valence electrons. The fourth-order valence-corrected chi connectivity index (χ4v) is 3.82. The minimum Gasteiger partial charge on any atom is -0.481 e. The molecule has 7 heteroatoms. The molecule has 0 bridgehead atoms. The van der Waals surface area contributed by atoms with E-state index >= 15 is 0 Å². The van der Waals surface area contributed by atoms with E-state index in [0.29, 0.717) is 31.8 Å². The number of nitrogens with zero attached hydrogens (tertiary/aromatic N) is 3. The lowest BCUT2D eigenvalue weighted by molar-refractivity contribution is -0.142. The zero-order valence-electron chi connectivity index (χ0n) is 16.0. The molecule has 3 heterocycles. The highest BCUT2D eigenvalue weighted by Crippen LogP contribution is 2.24. The van der Waals surface area contributed by atoms with E-state index in [1.165, 1.54) is 10.9 Å². The van der Waals surface area contributed by atoms with Crippen LogP contribution in [-0.2, 0) is 11.2 Å². The molecule has 0 saturated carbocycles. The Kier molecular flexibility index (Phi) is 5.14. The standard InChI is InChI=1S/C21H25N5O2/c1-14-24-19(12-20(25-14)26-10-7-15(8-11-26)21(27)28)22-9-6-16-13-23-18-5-3-2-4-17(16)18/h2-5,12-13,15,23H,6-11H2,1H3,(H,27,28)(H,22,24,25). The molecule has 1 fully saturated rings. The number of piperidine rings is 1. The Balaban J connectivity index is 1.39. The Morgan fingerprint density at radius 2 is 2.07 bits per heavy atom. The number of carbonyl (C=O) groups is 1. The quantitative estimate of drug-likeness (QED) is 0.609. The van der Waals surface area contributed by atoms with Gasteiger partial charge in [-0.15, -0.1) is 0 Å². The number of aromatic nitrogens is 3. The Morgan fingerprint density at radius 1 is 1.29 bits per heavy atom. The summed E-state index contributed by atoms with van der Waals surface area (Å²) in [5.74, 6) is 1.45. The lowest BCUT2D eigenvalue weighted by Gasteiger charge is -2.31. The minimum atomic E-state index is -0.696. The molecular formula is C21H25N5O2. The molecule has 1 aliphatic rings. The molecule has 0 unspecified atom stereocenters. The smallest absolute Gasteiger partial charge is 0.306 e. The second-order valence-electron chi connectivity index (χ2n) is 7.29. The van der Waals surface area contributed by atoms with E-state index in [4.69, 9.17) is 5.11 Å². The fourth-order valence-electron chi connectivity index (χ4n) is 3.82. The number of hydrogen-bond acceptors (Lipinski definition) is 5. The van der Waals surface area contributed by atoms with Crippen LogP contribution in [0.5, 0.6) is 0 Å². The van der Waals surface area contributed by atoms with E-state index in [-0.39, 0.29) is 5.92 Å². The van der Waals surface area contributed by atoms with Gasteiger partial charge in [0.25, 0.3) is 0 Å². The van der Waals surface area contributed by atoms with Crippen molar-refractivity contribution in [2.45, 2.75) is 26.2 Å². The van der Waals surface area contributed by atoms with Gasteiger partial charge in [-0.1, -0.05) is 18.2 Å². The van der Waals surface area contributed by atoms with Crippen LogP contribution in [0.3, 0.4) is 0 Å². The summed E-state index contributed by atoms with van der Waals surface area (Å²) in [7, 11) is 0. The molecule has 0 aliphatic carbocycles. The van der Waals surface area contributed by atoms with Gasteiger partial charge in [-0.3, -0.25) is 4.79 Å². The third kappa shape index (κ3) is 3.93. The number of benzene rings is 1. The number of hydrogen-bond donors (Lipinski definition) is 3. The first-order valence-corrected chi connectivity index (χ1v) is 9.72. The van der Waals surface area contributed by atoms with Crippen LogP contribution in [0.2, 0.25) is 0 Å². The number of aromatic amines is 1. The third-order valence-corrected chi connectivity index (χ3v) is 5.37. The van der Waals surface area contributed by atoms with Crippen molar-refractivity contribution >= 4 is 28.5 Å². The van der Waals surface area contributed by atoms with Crippen LogP contribution in [0.4, 0.5) is 11.6 Å². The lowest BCUT2D eigenvalue weighted by Crippen LogP contribution is -2.37. The molecule has 28 heavy (non-hydrogen) atoms. The van der Waals surface area contributed by atoms with Crippen molar-refractivity contribution in [1.29, 1.82) is 0 Å². The third-order valence-electron chi connectivity index (χ3n) is 5.37. The maximum atomic E-state index is 11.1. The first-order valence-electron chi connectivity index (χ1n) is 9.72. The largest absolute Gasteiger partial charge is 0.481 e. The van der Waals surface area contributed by atoms with Gasteiger partial charge in [0.1, 0.15) is 17.5 Å². The van der Waals surface area contributed by atoms with E-state index < -0.39 is 5.97 Å². The lowest BCUT2D eigenvalue weighted by atomic mass is 9.97. The molecule has 3 N–H and O–H groups in total. The molecule has 1 saturated heterocycles. The van der Waals surface area contributed by atoms with Gasteiger partial charge in [-0.25, -0.2) is 9.97 Å². The van der Waals surface area contributed by atoms with Gasteiger partial charge in [-0.2, -0.15) is 0 Å². The van der Waals surface area contributed by atoms with Gasteiger partial charge in [0.2, 0.25) is 0 Å². The normalized spacial score (nSPS) is 15.1. The highest BCUT2D eigenvalue weighted by atomic mass is 16.4. The maximum Gasteiger partial charge on any atom is 0.306 e. The van der Waals surface area contributed by atoms with Crippen LogP contribution in [0.15, 0.2) is 36.5 Å². The van der Waals surface area contributed by atoms with Crippen molar-refractivity contribution < 1.29 is 9.90 Å². The van der Waals surface area contributed by atoms with Gasteiger partial charge in [0.15, 0.2) is 0 Å². The summed E-state index contributed by atoms with van der Waals surface area (Å²) in [5, 5.41) is 13.8. The molecule has 0 spiro atoms. The molecule has 0 radical (unpaired) electrons. The highest BCUT2D eigenvalue weighted by Gasteiger charge is 2.25. The summed E-state index contributed by atoms with van der Waals surface area (Å²) in [5.41, 5.74) is 2.44. The van der Waals surface area contributed by atoms with Crippen LogP contribution in [0.1, 0.15) is 24.2 Å². The molecular weight excluding hydrogens is 354 g/mol. The zero-order chi connectivity index (χ0) is 19.5. The number of carboxylic acid groups (broad SMARTS) is 1. The number of aryl methyl sites for hydroxylation is 1. The Morgan fingerprint density at radius 3 is 2.86 bits per heavy atom. The Hall–Kier alpha value is -3.09. The average Bonchev–Trinajstić information content (AvgIpc) is 3.11. The molecule has 0 atom stereocenters. The molecule has 4 rings (SSSR count). The molecule has 7 nitrogen and oxygen atoms in total. The maximum absolute atomic E-state index is 11.1. The summed E-state index contributed by atoms with van der Waals surface area (Å²) in [6.45, 7) is 4.08. The highest BCUT2D eigenvalue weighted by molar-refractivity contribution is 5.83. The topological polar surface area (TPSA) is 94.1 Å². The number of para-hydroxylation sites is 1. The number of aliphatic carboxylic acids is 1. The van der Waals surface area contributed by atoms with Gasteiger partial charge in [-0.05, 0) is 37.8 Å². The molecule has 1 aliphatic heterocycles. The van der Waals surface area contributed by atoms with Crippen molar-refractivity contribution in [3.05, 3.63) is 47.9 Å². The van der Waals surface area contributed by atoms with E-state index in [0.717, 1.165) is 30.1 Å². The Labute approximate surface area is 163 Å². The van der Waals surface area contributed by atoms with E-state index in [9.17, 15) is 4.79 Å². The second-order valence-corrected chi connectivity index (χ2v) is 7.29. The molecule has 0 amide bonds. The number of nitrogens with one attached hydrogen (secondary N) is 2. The van der Waals surface area contributed by atoms with Crippen molar-refractivity contribution in [2.75, 3.05) is 29.9 Å². The average molecular weight is 379 g/mol. The summed E-state index contributed by atoms with van der Waals surface area (Å²) in [4.78, 5) is 25.7. The van der Waals surface area contributed by atoms with Crippen LogP contribution in [0, 0.1) is 12.8 Å². The first kappa shape index (κ1) is 18.3. The van der Waals surface area contributed by atoms with Gasteiger partial charge in [0, 0.05) is 42.8 Å². The van der Waals surface area contributed by atoms with Crippen molar-refractivity contribution in [3.8, 4) is 0 Å². The monoisotopic (exact) mass is 379 g/mol. The molecule has 2 aromatic heterocycles. The van der Waals surface area contributed by atoms with Crippen molar-refractivity contribution in [1.82, 2.24) is 15.0 Å². The number of carboxylic acids is 1. The minimum absolute atomic E-state index is 0.243. The van der Waals surface area contributed by atoms with E-state index in [1.54, 1.807) is 0 Å². The number of rotatable bonds is 6. The zero-order valence-corrected chi connectivity index (χ0v) is 16.0. The van der Waals surface area contributed by atoms with Gasteiger partial charge in [0.05, 0.1) is 5.92 Å². The number of H-pyrrole nitrogens is 1. The summed E-state index contributed by atoms with van der Waals surface area (Å²) < 4.78 is 0.